The van der Waals surface area contributed by atoms with Crippen LogP contribution in [0.15, 0.2) is 36.1 Å². The lowest BCUT2D eigenvalue weighted by Gasteiger charge is -2.31. The monoisotopic (exact) mass is 436 g/mol. The number of carbonyl (C=O) groups is 1. The molecule has 4 N–H and O–H groups in total. The summed E-state index contributed by atoms with van der Waals surface area (Å²) in [6, 6.07) is 3.79. The summed E-state index contributed by atoms with van der Waals surface area (Å²) in [6.45, 7) is 11.2. The Hall–Kier alpha value is -3.06. The topological polar surface area (TPSA) is 105 Å². The van der Waals surface area contributed by atoms with Gasteiger partial charge in [0, 0.05) is 48.5 Å². The fourth-order valence-corrected chi connectivity index (χ4v) is 4.75. The predicted octanol–water partition coefficient (Wildman–Crippen LogP) is 3.93. The highest BCUT2D eigenvalue weighted by Gasteiger charge is 2.35. The highest BCUT2D eigenvalue weighted by molar-refractivity contribution is 6.04. The molecule has 0 saturated carbocycles. The molecule has 0 spiro atoms. The van der Waals surface area contributed by atoms with Crippen LogP contribution in [-0.4, -0.2) is 35.5 Å². The van der Waals surface area contributed by atoms with Crippen molar-refractivity contribution in [3.63, 3.8) is 0 Å². The molecule has 0 unspecified atom stereocenters. The zero-order chi connectivity index (χ0) is 23.0. The lowest BCUT2D eigenvalue weighted by atomic mass is 9.75. The Balaban J connectivity index is 1.88. The predicted molar refractivity (Wildman–Crippen MR) is 127 cm³/mol. The maximum Gasteiger partial charge on any atom is 0.167 e. The van der Waals surface area contributed by atoms with Gasteiger partial charge in [0.15, 0.2) is 11.5 Å². The first-order chi connectivity index (χ1) is 15.2. The van der Waals surface area contributed by atoms with Crippen molar-refractivity contribution < 1.29 is 14.3 Å². The van der Waals surface area contributed by atoms with Gasteiger partial charge in [0.1, 0.15) is 11.9 Å². The number of amidine groups is 1. The molecule has 1 fully saturated rings. The van der Waals surface area contributed by atoms with Gasteiger partial charge in [-0.3, -0.25) is 4.79 Å². The van der Waals surface area contributed by atoms with Crippen LogP contribution in [0.4, 0.5) is 5.69 Å². The van der Waals surface area contributed by atoms with E-state index in [9.17, 15) is 4.79 Å². The summed E-state index contributed by atoms with van der Waals surface area (Å²) < 4.78 is 14.0. The van der Waals surface area contributed by atoms with Crippen LogP contribution in [0.2, 0.25) is 0 Å². The third-order valence-corrected chi connectivity index (χ3v) is 6.25. The Kier molecular flexibility index (Phi) is 5.86. The third-order valence-electron chi connectivity index (χ3n) is 6.25. The van der Waals surface area contributed by atoms with Crippen LogP contribution in [0.25, 0.3) is 5.69 Å². The van der Waals surface area contributed by atoms with E-state index >= 15 is 0 Å². The average molecular weight is 437 g/mol. The van der Waals surface area contributed by atoms with Gasteiger partial charge >= 0.3 is 0 Å². The number of hydrogen-bond donors (Lipinski definition) is 2. The number of aliphatic imine (C=N–C) groups is 1. The molecule has 1 aliphatic heterocycles. The van der Waals surface area contributed by atoms with Crippen LogP contribution < -0.4 is 16.2 Å². The molecule has 1 saturated heterocycles. The van der Waals surface area contributed by atoms with Crippen LogP contribution in [0.1, 0.15) is 60.3 Å². The molecule has 2 aromatic rings. The van der Waals surface area contributed by atoms with Gasteiger partial charge in [0.2, 0.25) is 0 Å². The molecule has 0 bridgehead atoms. The van der Waals surface area contributed by atoms with E-state index in [0.29, 0.717) is 36.6 Å². The number of hydrogen-bond acceptors (Lipinski definition) is 5. The average Bonchev–Trinajstić information content (AvgIpc) is 3.05. The number of nitrogens with two attached hydrogens (primary N) is 2. The van der Waals surface area contributed by atoms with Crippen molar-refractivity contribution >= 4 is 17.3 Å². The lowest BCUT2D eigenvalue weighted by molar-refractivity contribution is 0.0258. The van der Waals surface area contributed by atoms with E-state index in [-0.39, 0.29) is 23.1 Å². The summed E-state index contributed by atoms with van der Waals surface area (Å²) >= 11 is 0. The molecule has 170 valence electrons. The number of Topliss-reactive ketones (excluding diaryl/α,β-unsaturated/α-hetero) is 1. The molecule has 2 heterocycles. The van der Waals surface area contributed by atoms with Gasteiger partial charge in [0.25, 0.3) is 0 Å². The molecule has 7 heteroatoms. The number of ketones is 1. The Morgan fingerprint density at radius 1 is 1.31 bits per heavy atom. The number of carbonyl (C=O) groups excluding carboxylic acids is 1. The van der Waals surface area contributed by atoms with E-state index in [1.807, 2.05) is 25.3 Å². The maximum absolute atomic E-state index is 12.9. The fourth-order valence-electron chi connectivity index (χ4n) is 4.75. The smallest absolute Gasteiger partial charge is 0.167 e. The van der Waals surface area contributed by atoms with E-state index in [0.717, 1.165) is 41.8 Å². The largest absolute Gasteiger partial charge is 0.486 e. The number of rotatable bonds is 5. The molecular weight excluding hydrogens is 404 g/mol. The molecule has 7 nitrogen and oxygen atoms in total. The second-order valence-corrected chi connectivity index (χ2v) is 9.45. The minimum atomic E-state index is -0.110. The standard InChI is InChI=1S/C25H32N4O3/c1-5-28-24(27)17-6-7-18(23(22(17)26)32-16-8-10-31-11-9-16)29-14-15(2)21-19(29)12-25(3,4)13-20(21)30/h5-7,14,16H,1,8-13,26H2,2-4H3,(H2,27,28). The zero-order valence-corrected chi connectivity index (χ0v) is 19.1. The van der Waals surface area contributed by atoms with Crippen molar-refractivity contribution in [1.29, 1.82) is 0 Å². The number of nitrogens with zero attached hydrogens (tertiary/aromatic N) is 2. The highest BCUT2D eigenvalue weighted by atomic mass is 16.5. The van der Waals surface area contributed by atoms with Gasteiger partial charge in [0.05, 0.1) is 24.6 Å². The summed E-state index contributed by atoms with van der Waals surface area (Å²) in [7, 11) is 0. The zero-order valence-electron chi connectivity index (χ0n) is 19.1. The van der Waals surface area contributed by atoms with E-state index in [2.05, 4.69) is 30.0 Å². The molecule has 4 rings (SSSR count). The van der Waals surface area contributed by atoms with Crippen LogP contribution in [0.5, 0.6) is 5.75 Å². The van der Waals surface area contributed by atoms with Gasteiger partial charge in [-0.1, -0.05) is 20.4 Å². The first-order valence-corrected chi connectivity index (χ1v) is 11.1. The highest BCUT2D eigenvalue weighted by Crippen LogP contribution is 2.41. The minimum absolute atomic E-state index is 0.0109. The van der Waals surface area contributed by atoms with E-state index < -0.39 is 0 Å². The van der Waals surface area contributed by atoms with Gasteiger partial charge in [-0.05, 0) is 36.5 Å². The maximum atomic E-state index is 12.9. The normalized spacial score (nSPS) is 19.0. The van der Waals surface area contributed by atoms with E-state index in [1.165, 1.54) is 6.20 Å². The molecule has 0 amide bonds. The van der Waals surface area contributed by atoms with Crippen molar-refractivity contribution in [2.24, 2.45) is 16.1 Å². The van der Waals surface area contributed by atoms with Crippen molar-refractivity contribution in [2.75, 3.05) is 18.9 Å². The van der Waals surface area contributed by atoms with Gasteiger partial charge < -0.3 is 25.5 Å². The second-order valence-electron chi connectivity index (χ2n) is 9.45. The molecule has 1 aliphatic carbocycles. The number of aromatic nitrogens is 1. The number of ether oxygens (including phenoxy) is 2. The lowest BCUT2D eigenvalue weighted by Crippen LogP contribution is -2.29. The van der Waals surface area contributed by atoms with Crippen LogP contribution in [-0.2, 0) is 11.2 Å². The molecule has 1 aromatic carbocycles. The van der Waals surface area contributed by atoms with E-state index in [4.69, 9.17) is 20.9 Å². The van der Waals surface area contributed by atoms with Crippen molar-refractivity contribution in [1.82, 2.24) is 4.57 Å². The summed E-state index contributed by atoms with van der Waals surface area (Å²) in [5, 5.41) is 0. The molecule has 0 radical (unpaired) electrons. The second kappa shape index (κ2) is 8.47. The number of nitrogen functional groups attached to an aromatic ring is 1. The Labute approximate surface area is 189 Å². The first-order valence-electron chi connectivity index (χ1n) is 11.1. The quantitative estimate of drug-likeness (QED) is 0.420. The van der Waals surface area contributed by atoms with Crippen LogP contribution >= 0.6 is 0 Å². The molecular formula is C25H32N4O3. The van der Waals surface area contributed by atoms with E-state index in [1.54, 1.807) is 0 Å². The third kappa shape index (κ3) is 4.05. The summed E-state index contributed by atoms with van der Waals surface area (Å²) in [5.74, 6) is 1.03. The Morgan fingerprint density at radius 3 is 2.72 bits per heavy atom. The molecule has 32 heavy (non-hydrogen) atoms. The fraction of sp³-hybridized carbons (Fsp3) is 0.440. The Morgan fingerprint density at radius 2 is 2.03 bits per heavy atom. The number of anilines is 1. The van der Waals surface area contributed by atoms with Crippen molar-refractivity contribution in [3.05, 3.63) is 53.5 Å². The van der Waals surface area contributed by atoms with Gasteiger partial charge in [-0.2, -0.15) is 0 Å². The van der Waals surface area contributed by atoms with Crippen molar-refractivity contribution in [3.8, 4) is 11.4 Å². The van der Waals surface area contributed by atoms with Crippen LogP contribution in [0.3, 0.4) is 0 Å². The number of fused-ring (bicyclic) bond motifs is 1. The summed E-state index contributed by atoms with van der Waals surface area (Å²) in [4.78, 5) is 17.0. The SMILES string of the molecule is C=C/N=C(/N)c1ccc(-n2cc(C)c3c2CC(C)(C)CC3=O)c(OC2CCOCC2)c1N. The minimum Gasteiger partial charge on any atom is -0.486 e. The number of benzene rings is 1. The van der Waals surface area contributed by atoms with Crippen molar-refractivity contribution in [2.45, 2.75) is 52.6 Å². The molecule has 2 aliphatic rings. The molecule has 0 atom stereocenters. The first kappa shape index (κ1) is 22.1. The summed E-state index contributed by atoms with van der Waals surface area (Å²) in [6.07, 6.45) is 6.30. The Bertz CT molecular complexity index is 1090. The van der Waals surface area contributed by atoms with Gasteiger partial charge in [-0.25, -0.2) is 4.99 Å². The summed E-state index contributed by atoms with van der Waals surface area (Å²) in [5.41, 5.74) is 17.2. The number of aryl methyl sites for hydroxylation is 1. The van der Waals surface area contributed by atoms with Gasteiger partial charge in [-0.15, -0.1) is 0 Å². The molecule has 1 aromatic heterocycles. The van der Waals surface area contributed by atoms with Crippen LogP contribution in [0, 0.1) is 12.3 Å².